The number of hydrogen-bond acceptors (Lipinski definition) is 4. The first kappa shape index (κ1) is 15.8. The zero-order chi connectivity index (χ0) is 14.1. The van der Waals surface area contributed by atoms with Crippen LogP contribution < -0.4 is 9.47 Å². The van der Waals surface area contributed by atoms with Crippen molar-refractivity contribution in [1.82, 2.24) is 0 Å². The molecule has 108 valence electrons. The minimum atomic E-state index is -0.678. The van der Waals surface area contributed by atoms with E-state index in [0.717, 1.165) is 24.8 Å². The van der Waals surface area contributed by atoms with Gasteiger partial charge in [0.15, 0.2) is 0 Å². The molecule has 0 spiro atoms. The molecule has 4 nitrogen and oxygen atoms in total. The van der Waals surface area contributed by atoms with Gasteiger partial charge in [-0.1, -0.05) is 19.8 Å². The summed E-state index contributed by atoms with van der Waals surface area (Å²) in [4.78, 5) is 0. The highest BCUT2D eigenvalue weighted by Crippen LogP contribution is 2.29. The molecule has 0 aliphatic heterocycles. The molecule has 0 aromatic heterocycles. The van der Waals surface area contributed by atoms with Crippen LogP contribution in [0.3, 0.4) is 0 Å². The third-order valence-electron chi connectivity index (χ3n) is 2.97. The predicted molar refractivity (Wildman–Crippen MR) is 74.8 cm³/mol. The van der Waals surface area contributed by atoms with Crippen molar-refractivity contribution in [3.8, 4) is 11.5 Å². The highest BCUT2D eigenvalue weighted by atomic mass is 16.5. The van der Waals surface area contributed by atoms with Crippen molar-refractivity contribution in [2.75, 3.05) is 27.4 Å². The Morgan fingerprint density at radius 2 is 1.95 bits per heavy atom. The molecule has 0 aliphatic carbocycles. The van der Waals surface area contributed by atoms with Crippen molar-refractivity contribution in [2.45, 2.75) is 32.3 Å². The van der Waals surface area contributed by atoms with Crippen LogP contribution in [0.4, 0.5) is 0 Å². The highest BCUT2D eigenvalue weighted by molar-refractivity contribution is 5.41. The van der Waals surface area contributed by atoms with Crippen molar-refractivity contribution >= 4 is 0 Å². The lowest BCUT2D eigenvalue weighted by atomic mass is 10.1. The Bertz CT molecular complexity index is 365. The Hall–Kier alpha value is -1.26. The number of benzene rings is 1. The average molecular weight is 268 g/mol. The Morgan fingerprint density at radius 3 is 2.58 bits per heavy atom. The van der Waals surface area contributed by atoms with Gasteiger partial charge < -0.3 is 19.3 Å². The van der Waals surface area contributed by atoms with E-state index in [4.69, 9.17) is 14.2 Å². The van der Waals surface area contributed by atoms with E-state index in [1.165, 1.54) is 0 Å². The summed E-state index contributed by atoms with van der Waals surface area (Å²) in [6.07, 6.45) is 2.67. The number of unbranched alkanes of at least 4 members (excludes halogenated alkanes) is 2. The van der Waals surface area contributed by atoms with Gasteiger partial charge in [-0.25, -0.2) is 0 Å². The molecule has 1 atom stereocenters. The summed E-state index contributed by atoms with van der Waals surface area (Å²) in [6, 6.07) is 5.37. The van der Waals surface area contributed by atoms with E-state index < -0.39 is 6.10 Å². The number of hydrogen-bond donors (Lipinski definition) is 1. The molecule has 0 amide bonds. The van der Waals surface area contributed by atoms with Crippen LogP contribution in [-0.2, 0) is 4.74 Å². The van der Waals surface area contributed by atoms with E-state index >= 15 is 0 Å². The van der Waals surface area contributed by atoms with Crippen molar-refractivity contribution in [2.24, 2.45) is 0 Å². The number of ether oxygens (including phenoxy) is 3. The molecule has 1 aromatic rings. The molecule has 0 aliphatic rings. The van der Waals surface area contributed by atoms with Gasteiger partial charge in [-0.05, 0) is 18.6 Å². The van der Waals surface area contributed by atoms with Gasteiger partial charge >= 0.3 is 0 Å². The Balaban J connectivity index is 2.53. The predicted octanol–water partition coefficient (Wildman–Crippen LogP) is 2.94. The molecule has 4 heteroatoms. The van der Waals surface area contributed by atoms with Gasteiger partial charge in [0.1, 0.15) is 17.6 Å². The number of methoxy groups -OCH3 is 2. The Kier molecular flexibility index (Phi) is 7.30. The maximum atomic E-state index is 10.1. The number of aliphatic hydroxyl groups excluding tert-OH is 1. The van der Waals surface area contributed by atoms with Crippen LogP contribution in [-0.4, -0.2) is 32.5 Å². The van der Waals surface area contributed by atoms with Crippen molar-refractivity contribution in [1.29, 1.82) is 0 Å². The lowest BCUT2D eigenvalue weighted by Gasteiger charge is -2.16. The summed E-state index contributed by atoms with van der Waals surface area (Å²) in [5.74, 6) is 1.32. The van der Waals surface area contributed by atoms with E-state index in [1.54, 1.807) is 32.4 Å². The van der Waals surface area contributed by atoms with Gasteiger partial charge in [-0.15, -0.1) is 0 Å². The van der Waals surface area contributed by atoms with Crippen LogP contribution in [0.1, 0.15) is 37.9 Å². The second-order valence-electron chi connectivity index (χ2n) is 4.41. The number of aliphatic hydroxyl groups is 1. The van der Waals surface area contributed by atoms with Crippen LogP contribution in [0.25, 0.3) is 0 Å². The lowest BCUT2D eigenvalue weighted by molar-refractivity contribution is 0.0334. The van der Waals surface area contributed by atoms with Crippen molar-refractivity contribution in [3.05, 3.63) is 23.8 Å². The second-order valence-corrected chi connectivity index (χ2v) is 4.41. The van der Waals surface area contributed by atoms with Crippen molar-refractivity contribution in [3.63, 3.8) is 0 Å². The van der Waals surface area contributed by atoms with E-state index in [1.807, 2.05) is 0 Å². The molecule has 1 unspecified atom stereocenters. The van der Waals surface area contributed by atoms with E-state index in [-0.39, 0.29) is 6.61 Å². The van der Waals surface area contributed by atoms with E-state index in [0.29, 0.717) is 18.1 Å². The van der Waals surface area contributed by atoms with Gasteiger partial charge in [0.2, 0.25) is 0 Å². The molecule has 1 N–H and O–H groups in total. The van der Waals surface area contributed by atoms with E-state index in [9.17, 15) is 5.11 Å². The Morgan fingerprint density at radius 1 is 1.16 bits per heavy atom. The van der Waals surface area contributed by atoms with Gasteiger partial charge in [0.25, 0.3) is 0 Å². The lowest BCUT2D eigenvalue weighted by Crippen LogP contribution is -2.09. The van der Waals surface area contributed by atoms with Gasteiger partial charge in [-0.3, -0.25) is 0 Å². The standard InChI is InChI=1S/C15H24O4/c1-4-5-6-9-19-11-14(16)13-8-7-12(17-2)10-15(13)18-3/h7-8,10,14,16H,4-6,9,11H2,1-3H3. The molecule has 0 radical (unpaired) electrons. The molecule has 1 rings (SSSR count). The summed E-state index contributed by atoms with van der Waals surface area (Å²) in [5, 5.41) is 10.1. The average Bonchev–Trinajstić information content (AvgIpc) is 2.46. The third-order valence-corrected chi connectivity index (χ3v) is 2.97. The minimum absolute atomic E-state index is 0.284. The van der Waals surface area contributed by atoms with Crippen LogP contribution in [0.15, 0.2) is 18.2 Å². The van der Waals surface area contributed by atoms with Crippen LogP contribution >= 0.6 is 0 Å². The molecular weight excluding hydrogens is 244 g/mol. The molecule has 1 aromatic carbocycles. The molecule has 0 bridgehead atoms. The largest absolute Gasteiger partial charge is 0.497 e. The summed E-state index contributed by atoms with van der Waals surface area (Å²) in [6.45, 7) is 3.12. The van der Waals surface area contributed by atoms with Crippen LogP contribution in [0, 0.1) is 0 Å². The first-order chi connectivity index (χ1) is 9.22. The molecule has 19 heavy (non-hydrogen) atoms. The fourth-order valence-corrected chi connectivity index (χ4v) is 1.83. The first-order valence-electron chi connectivity index (χ1n) is 6.70. The maximum absolute atomic E-state index is 10.1. The van der Waals surface area contributed by atoms with E-state index in [2.05, 4.69) is 6.92 Å². The highest BCUT2D eigenvalue weighted by Gasteiger charge is 2.14. The maximum Gasteiger partial charge on any atom is 0.128 e. The number of rotatable bonds is 9. The molecule has 0 saturated carbocycles. The smallest absolute Gasteiger partial charge is 0.128 e. The zero-order valence-electron chi connectivity index (χ0n) is 12.0. The monoisotopic (exact) mass is 268 g/mol. The van der Waals surface area contributed by atoms with Crippen molar-refractivity contribution < 1.29 is 19.3 Å². The fourth-order valence-electron chi connectivity index (χ4n) is 1.83. The second kappa shape index (κ2) is 8.77. The summed E-state index contributed by atoms with van der Waals surface area (Å²) >= 11 is 0. The summed E-state index contributed by atoms with van der Waals surface area (Å²) in [7, 11) is 3.18. The topological polar surface area (TPSA) is 47.9 Å². The zero-order valence-corrected chi connectivity index (χ0v) is 12.0. The van der Waals surface area contributed by atoms with Gasteiger partial charge in [0, 0.05) is 18.2 Å². The van der Waals surface area contributed by atoms with Crippen LogP contribution in [0.5, 0.6) is 11.5 Å². The van der Waals surface area contributed by atoms with Gasteiger partial charge in [-0.2, -0.15) is 0 Å². The SMILES string of the molecule is CCCCCOCC(O)c1ccc(OC)cc1OC. The molecular formula is C15H24O4. The van der Waals surface area contributed by atoms with Crippen LogP contribution in [0.2, 0.25) is 0 Å². The van der Waals surface area contributed by atoms with Gasteiger partial charge in [0.05, 0.1) is 20.8 Å². The summed E-state index contributed by atoms with van der Waals surface area (Å²) < 4.78 is 15.9. The minimum Gasteiger partial charge on any atom is -0.497 e. The fraction of sp³-hybridized carbons (Fsp3) is 0.600. The molecule has 0 fully saturated rings. The quantitative estimate of drug-likeness (QED) is 0.699. The third kappa shape index (κ3) is 5.09. The summed E-state index contributed by atoms with van der Waals surface area (Å²) in [5.41, 5.74) is 0.721. The Labute approximate surface area is 115 Å². The first-order valence-corrected chi connectivity index (χ1v) is 6.70. The normalized spacial score (nSPS) is 12.2. The molecule has 0 saturated heterocycles. The molecule has 0 heterocycles.